The molecule has 120 valence electrons. The van der Waals surface area contributed by atoms with Crippen LogP contribution < -0.4 is 4.72 Å². The maximum atomic E-state index is 12.6. The molecule has 3 rings (SSSR count). The fourth-order valence-electron chi connectivity index (χ4n) is 1.97. The molecular weight excluding hydrogens is 417 g/mol. The smallest absolute Gasteiger partial charge is 0.264 e. The van der Waals surface area contributed by atoms with E-state index in [1.54, 1.807) is 17.5 Å². The number of sulfonamides is 1. The first-order chi connectivity index (χ1) is 10.9. The Morgan fingerprint density at radius 3 is 2.26 bits per heavy atom. The van der Waals surface area contributed by atoms with Gasteiger partial charge in [0.05, 0.1) is 25.6 Å². The molecule has 0 radical (unpaired) electrons. The molecule has 0 unspecified atom stereocenters. The summed E-state index contributed by atoms with van der Waals surface area (Å²) in [6, 6.07) is 6.31. The van der Waals surface area contributed by atoms with E-state index in [0.29, 0.717) is 10.7 Å². The fraction of sp³-hybridized carbons (Fsp3) is 0. The standard InChI is InChI=1S/C14H8Cl3NO2S3/c15-9-4-5-22-13(9)8-6-21-7-12(8)18-23(19,20)14-10(16)2-1-3-11(14)17/h1-7,18H. The highest BCUT2D eigenvalue weighted by atomic mass is 35.5. The van der Waals surface area contributed by atoms with E-state index in [4.69, 9.17) is 34.8 Å². The minimum Gasteiger partial charge on any atom is -0.278 e. The van der Waals surface area contributed by atoms with Gasteiger partial charge in [0, 0.05) is 16.3 Å². The molecule has 3 nitrogen and oxygen atoms in total. The van der Waals surface area contributed by atoms with E-state index in [1.807, 2.05) is 10.8 Å². The minimum atomic E-state index is -3.92. The van der Waals surface area contributed by atoms with Gasteiger partial charge in [-0.3, -0.25) is 4.72 Å². The molecule has 0 saturated heterocycles. The summed E-state index contributed by atoms with van der Waals surface area (Å²) in [4.78, 5) is 0.661. The van der Waals surface area contributed by atoms with Crippen LogP contribution >= 0.6 is 57.5 Å². The van der Waals surface area contributed by atoms with Gasteiger partial charge >= 0.3 is 0 Å². The minimum absolute atomic E-state index is 0.0657. The van der Waals surface area contributed by atoms with Gasteiger partial charge in [-0.1, -0.05) is 40.9 Å². The molecule has 0 aliphatic heterocycles. The number of hydrogen-bond donors (Lipinski definition) is 1. The van der Waals surface area contributed by atoms with Gasteiger partial charge in [-0.25, -0.2) is 8.42 Å². The molecule has 0 aliphatic rings. The van der Waals surface area contributed by atoms with E-state index in [1.165, 1.54) is 34.8 Å². The average molecular weight is 425 g/mol. The number of hydrogen-bond acceptors (Lipinski definition) is 4. The van der Waals surface area contributed by atoms with Crippen molar-refractivity contribution in [3.8, 4) is 10.4 Å². The van der Waals surface area contributed by atoms with E-state index in [2.05, 4.69) is 4.72 Å². The van der Waals surface area contributed by atoms with Gasteiger partial charge in [0.2, 0.25) is 0 Å². The van der Waals surface area contributed by atoms with Crippen LogP contribution in [0.1, 0.15) is 0 Å². The molecule has 0 fully saturated rings. The highest BCUT2D eigenvalue weighted by Crippen LogP contribution is 2.41. The largest absolute Gasteiger partial charge is 0.278 e. The molecule has 23 heavy (non-hydrogen) atoms. The molecule has 2 aromatic heterocycles. The van der Waals surface area contributed by atoms with Crippen molar-refractivity contribution < 1.29 is 8.42 Å². The second-order valence-electron chi connectivity index (χ2n) is 4.45. The van der Waals surface area contributed by atoms with Crippen LogP contribution in [0.25, 0.3) is 10.4 Å². The van der Waals surface area contributed by atoms with Gasteiger partial charge in [0.15, 0.2) is 0 Å². The molecule has 0 aliphatic carbocycles. The zero-order chi connectivity index (χ0) is 16.6. The van der Waals surface area contributed by atoms with Crippen LogP contribution in [0.2, 0.25) is 15.1 Å². The maximum absolute atomic E-state index is 12.6. The molecule has 1 N–H and O–H groups in total. The highest BCUT2D eigenvalue weighted by molar-refractivity contribution is 7.93. The number of anilines is 1. The predicted octanol–water partition coefficient (Wildman–Crippen LogP) is 6.24. The monoisotopic (exact) mass is 423 g/mol. The fourth-order valence-corrected chi connectivity index (χ4v) is 6.30. The first-order valence-electron chi connectivity index (χ1n) is 6.16. The summed E-state index contributed by atoms with van der Waals surface area (Å²) in [6.45, 7) is 0. The lowest BCUT2D eigenvalue weighted by molar-refractivity contribution is 0.601. The Morgan fingerprint density at radius 1 is 0.957 bits per heavy atom. The Hall–Kier alpha value is -0.760. The summed E-state index contributed by atoms with van der Waals surface area (Å²) >= 11 is 20.9. The van der Waals surface area contributed by atoms with E-state index in [0.717, 1.165) is 10.4 Å². The molecule has 2 heterocycles. The lowest BCUT2D eigenvalue weighted by atomic mass is 10.2. The zero-order valence-electron chi connectivity index (χ0n) is 11.2. The van der Waals surface area contributed by atoms with Crippen molar-refractivity contribution >= 4 is 73.2 Å². The van der Waals surface area contributed by atoms with Gasteiger partial charge in [-0.2, -0.15) is 0 Å². The summed E-state index contributed by atoms with van der Waals surface area (Å²) in [5.74, 6) is 0. The molecule has 0 atom stereocenters. The number of nitrogens with one attached hydrogen (secondary N) is 1. The summed E-state index contributed by atoms with van der Waals surface area (Å²) < 4.78 is 27.8. The summed E-state index contributed by atoms with van der Waals surface area (Å²) in [6.07, 6.45) is 0. The number of rotatable bonds is 4. The van der Waals surface area contributed by atoms with Crippen molar-refractivity contribution in [3.63, 3.8) is 0 Å². The van der Waals surface area contributed by atoms with Gasteiger partial charge in [-0.15, -0.1) is 22.7 Å². The van der Waals surface area contributed by atoms with E-state index < -0.39 is 10.0 Å². The summed E-state index contributed by atoms with van der Waals surface area (Å²) in [7, 11) is -3.92. The normalized spacial score (nSPS) is 11.6. The van der Waals surface area contributed by atoms with Crippen molar-refractivity contribution in [2.75, 3.05) is 4.72 Å². The Balaban J connectivity index is 2.04. The van der Waals surface area contributed by atoms with Crippen molar-refractivity contribution in [1.29, 1.82) is 0 Å². The van der Waals surface area contributed by atoms with Gasteiger partial charge in [-0.05, 0) is 23.6 Å². The SMILES string of the molecule is O=S(=O)(Nc1cscc1-c1sccc1Cl)c1c(Cl)cccc1Cl. The third kappa shape index (κ3) is 3.38. The number of benzene rings is 1. The predicted molar refractivity (Wildman–Crippen MR) is 99.9 cm³/mol. The van der Waals surface area contributed by atoms with Gasteiger partial charge in [0.25, 0.3) is 10.0 Å². The Bertz CT molecular complexity index is 943. The second kappa shape index (κ2) is 6.63. The van der Waals surface area contributed by atoms with Crippen LogP contribution in [-0.4, -0.2) is 8.42 Å². The lowest BCUT2D eigenvalue weighted by Crippen LogP contribution is -2.14. The Kier molecular flexibility index (Phi) is 4.92. The number of halogens is 3. The van der Waals surface area contributed by atoms with Crippen molar-refractivity contribution in [2.45, 2.75) is 4.90 Å². The second-order valence-corrected chi connectivity index (χ2v) is 8.95. The summed E-state index contributed by atoms with van der Waals surface area (Å²) in [5.41, 5.74) is 1.16. The molecule has 3 aromatic rings. The third-order valence-corrected chi connectivity index (χ3v) is 7.39. The molecule has 0 amide bonds. The topological polar surface area (TPSA) is 46.2 Å². The van der Waals surface area contributed by atoms with Crippen LogP contribution in [0.3, 0.4) is 0 Å². The molecule has 1 aromatic carbocycles. The van der Waals surface area contributed by atoms with E-state index in [9.17, 15) is 8.42 Å². The zero-order valence-corrected chi connectivity index (χ0v) is 15.9. The van der Waals surface area contributed by atoms with Crippen LogP contribution in [0.4, 0.5) is 5.69 Å². The quantitative estimate of drug-likeness (QED) is 0.539. The van der Waals surface area contributed by atoms with Crippen LogP contribution in [0.15, 0.2) is 45.3 Å². The molecular formula is C14H8Cl3NO2S3. The van der Waals surface area contributed by atoms with Crippen LogP contribution in [0.5, 0.6) is 0 Å². The third-order valence-electron chi connectivity index (χ3n) is 2.96. The lowest BCUT2D eigenvalue weighted by Gasteiger charge is -2.11. The molecule has 0 saturated carbocycles. The Labute approximate surface area is 156 Å². The van der Waals surface area contributed by atoms with E-state index >= 15 is 0 Å². The molecule has 0 spiro atoms. The first kappa shape index (κ1) is 17.1. The Morgan fingerprint density at radius 2 is 1.65 bits per heavy atom. The van der Waals surface area contributed by atoms with E-state index in [-0.39, 0.29) is 14.9 Å². The highest BCUT2D eigenvalue weighted by Gasteiger charge is 2.23. The molecule has 0 bridgehead atoms. The van der Waals surface area contributed by atoms with Crippen molar-refractivity contribution in [1.82, 2.24) is 0 Å². The first-order valence-corrected chi connectivity index (χ1v) is 10.6. The van der Waals surface area contributed by atoms with Gasteiger partial charge in [0.1, 0.15) is 4.90 Å². The van der Waals surface area contributed by atoms with Crippen molar-refractivity contribution in [2.24, 2.45) is 0 Å². The summed E-state index contributed by atoms with van der Waals surface area (Å²) in [5, 5.41) is 6.09. The maximum Gasteiger partial charge on any atom is 0.264 e. The van der Waals surface area contributed by atoms with Crippen LogP contribution in [0, 0.1) is 0 Å². The average Bonchev–Trinajstić information content (AvgIpc) is 3.06. The number of thiophene rings is 2. The van der Waals surface area contributed by atoms with Crippen molar-refractivity contribution in [3.05, 3.63) is 55.5 Å². The van der Waals surface area contributed by atoms with Gasteiger partial charge < -0.3 is 0 Å². The van der Waals surface area contributed by atoms with Crippen LogP contribution in [-0.2, 0) is 10.0 Å². The molecule has 9 heteroatoms.